The van der Waals surface area contributed by atoms with Crippen LogP contribution in [0.4, 0.5) is 10.2 Å². The second kappa shape index (κ2) is 5.27. The lowest BCUT2D eigenvalue weighted by atomic mass is 10.1. The van der Waals surface area contributed by atoms with Gasteiger partial charge in [-0.1, -0.05) is 28.1 Å². The lowest BCUT2D eigenvalue weighted by Gasteiger charge is -2.05. The number of anilines is 1. The van der Waals surface area contributed by atoms with E-state index in [0.717, 1.165) is 10.0 Å². The summed E-state index contributed by atoms with van der Waals surface area (Å²) in [6, 6.07) is 9.49. The van der Waals surface area contributed by atoms with E-state index in [1.165, 1.54) is 18.2 Å². The van der Waals surface area contributed by atoms with Gasteiger partial charge in [0.1, 0.15) is 5.82 Å². The lowest BCUT2D eigenvalue weighted by molar-refractivity contribution is 0.102. The molecule has 0 saturated heterocycles. The van der Waals surface area contributed by atoms with Crippen LogP contribution in [0.25, 0.3) is 0 Å². The average Bonchev–Trinajstić information content (AvgIpc) is 2.32. The smallest absolute Gasteiger partial charge is 0.256 e. The molecule has 1 heterocycles. The van der Waals surface area contributed by atoms with E-state index < -0.39 is 5.95 Å². The van der Waals surface area contributed by atoms with Crippen molar-refractivity contribution < 1.29 is 9.18 Å². The molecule has 2 rings (SSSR count). The molecule has 0 fully saturated rings. The van der Waals surface area contributed by atoms with E-state index in [9.17, 15) is 9.18 Å². The summed E-state index contributed by atoms with van der Waals surface area (Å²) in [7, 11) is 0. The number of carbonyl (C=O) groups is 1. The highest BCUT2D eigenvalue weighted by Gasteiger charge is 2.08. The number of aryl methyl sites for hydroxylation is 1. The number of carbonyl (C=O) groups excluding carboxylic acids is 1. The van der Waals surface area contributed by atoms with Gasteiger partial charge < -0.3 is 5.32 Å². The fraction of sp³-hybridized carbons (Fsp3) is 0.0769. The number of aromatic nitrogens is 1. The van der Waals surface area contributed by atoms with Gasteiger partial charge in [0.15, 0.2) is 0 Å². The van der Waals surface area contributed by atoms with Gasteiger partial charge >= 0.3 is 0 Å². The first-order valence-electron chi connectivity index (χ1n) is 5.26. The minimum absolute atomic E-state index is 0.191. The largest absolute Gasteiger partial charge is 0.306 e. The van der Waals surface area contributed by atoms with E-state index in [-0.39, 0.29) is 11.7 Å². The van der Waals surface area contributed by atoms with Gasteiger partial charge in [-0.25, -0.2) is 4.98 Å². The van der Waals surface area contributed by atoms with Gasteiger partial charge in [0, 0.05) is 10.0 Å². The van der Waals surface area contributed by atoms with Crippen LogP contribution in [0.15, 0.2) is 40.9 Å². The first-order chi connectivity index (χ1) is 8.56. The predicted octanol–water partition coefficient (Wildman–Crippen LogP) is 3.54. The van der Waals surface area contributed by atoms with Crippen LogP contribution in [0.3, 0.4) is 0 Å². The molecular weight excluding hydrogens is 299 g/mol. The molecule has 0 saturated carbocycles. The number of halogens is 2. The van der Waals surface area contributed by atoms with Gasteiger partial charge in [-0.15, -0.1) is 0 Å². The number of rotatable bonds is 2. The molecular formula is C13H10BrFN2O. The van der Waals surface area contributed by atoms with E-state index in [2.05, 4.69) is 26.2 Å². The fourth-order valence-electron chi connectivity index (χ4n) is 1.40. The molecule has 0 radical (unpaired) electrons. The zero-order valence-corrected chi connectivity index (χ0v) is 11.2. The molecule has 0 aliphatic carbocycles. The molecule has 1 aromatic heterocycles. The second-order valence-electron chi connectivity index (χ2n) is 3.76. The Morgan fingerprint density at radius 2 is 2.11 bits per heavy atom. The van der Waals surface area contributed by atoms with E-state index in [1.807, 2.05) is 13.0 Å². The van der Waals surface area contributed by atoms with Crippen molar-refractivity contribution in [1.29, 1.82) is 0 Å². The predicted molar refractivity (Wildman–Crippen MR) is 71.0 cm³/mol. The number of nitrogens with zero attached hydrogens (tertiary/aromatic N) is 1. The third-order valence-corrected chi connectivity index (χ3v) is 3.25. The van der Waals surface area contributed by atoms with E-state index in [0.29, 0.717) is 5.56 Å². The molecule has 0 aliphatic rings. The number of hydrogen-bond donors (Lipinski definition) is 1. The van der Waals surface area contributed by atoms with Gasteiger partial charge in [0.2, 0.25) is 5.95 Å². The Labute approximate surface area is 112 Å². The third-order valence-electron chi connectivity index (χ3n) is 2.39. The highest BCUT2D eigenvalue weighted by atomic mass is 79.9. The summed E-state index contributed by atoms with van der Waals surface area (Å²) in [5.41, 5.74) is 1.52. The number of hydrogen-bond acceptors (Lipinski definition) is 2. The lowest BCUT2D eigenvalue weighted by Crippen LogP contribution is -2.13. The molecule has 1 N–H and O–H groups in total. The van der Waals surface area contributed by atoms with Crippen LogP contribution in [0, 0.1) is 12.9 Å². The summed E-state index contributed by atoms with van der Waals surface area (Å²) >= 11 is 3.36. The molecule has 0 aliphatic heterocycles. The first kappa shape index (κ1) is 12.7. The zero-order valence-electron chi connectivity index (χ0n) is 9.58. The van der Waals surface area contributed by atoms with Crippen LogP contribution in [-0.2, 0) is 0 Å². The Hall–Kier alpha value is -1.75. The highest BCUT2D eigenvalue weighted by Crippen LogP contribution is 2.18. The van der Waals surface area contributed by atoms with Gasteiger partial charge in [-0.3, -0.25) is 4.79 Å². The molecule has 0 spiro atoms. The van der Waals surface area contributed by atoms with Crippen molar-refractivity contribution in [3.8, 4) is 0 Å². The Morgan fingerprint density at radius 3 is 2.78 bits per heavy atom. The summed E-state index contributed by atoms with van der Waals surface area (Å²) in [5.74, 6) is -0.761. The Morgan fingerprint density at radius 1 is 1.33 bits per heavy atom. The van der Waals surface area contributed by atoms with Crippen molar-refractivity contribution >= 4 is 27.7 Å². The zero-order chi connectivity index (χ0) is 13.1. The topological polar surface area (TPSA) is 42.0 Å². The number of nitrogens with one attached hydrogen (secondary N) is 1. The molecule has 0 atom stereocenters. The number of amides is 1. The van der Waals surface area contributed by atoms with Crippen LogP contribution in [-0.4, -0.2) is 10.9 Å². The Kier molecular flexibility index (Phi) is 3.72. The normalized spacial score (nSPS) is 10.2. The summed E-state index contributed by atoms with van der Waals surface area (Å²) in [5, 5.41) is 2.53. The SMILES string of the molecule is Cc1ccc(C(=O)Nc2cccc(F)n2)cc1Br. The summed E-state index contributed by atoms with van der Waals surface area (Å²) in [4.78, 5) is 15.5. The fourth-order valence-corrected chi connectivity index (χ4v) is 1.78. The molecule has 2 aromatic rings. The van der Waals surface area contributed by atoms with Crippen molar-refractivity contribution in [3.63, 3.8) is 0 Å². The molecule has 1 amide bonds. The molecule has 0 bridgehead atoms. The molecule has 18 heavy (non-hydrogen) atoms. The minimum Gasteiger partial charge on any atom is -0.306 e. The minimum atomic E-state index is -0.627. The molecule has 1 aromatic carbocycles. The van der Waals surface area contributed by atoms with Crippen molar-refractivity contribution in [2.45, 2.75) is 6.92 Å². The van der Waals surface area contributed by atoms with E-state index in [4.69, 9.17) is 0 Å². The summed E-state index contributed by atoms with van der Waals surface area (Å²) in [6.45, 7) is 1.93. The maximum Gasteiger partial charge on any atom is 0.256 e. The average molecular weight is 309 g/mol. The van der Waals surface area contributed by atoms with Crippen LogP contribution < -0.4 is 5.32 Å². The van der Waals surface area contributed by atoms with Gasteiger partial charge in [-0.05, 0) is 36.8 Å². The van der Waals surface area contributed by atoms with E-state index >= 15 is 0 Å². The standard InChI is InChI=1S/C13H10BrFN2O/c1-8-5-6-9(7-10(8)14)13(18)17-12-4-2-3-11(15)16-12/h2-7H,1H3,(H,16,17,18). The van der Waals surface area contributed by atoms with Crippen LogP contribution >= 0.6 is 15.9 Å². The number of pyridine rings is 1. The van der Waals surface area contributed by atoms with Crippen LogP contribution in [0.2, 0.25) is 0 Å². The van der Waals surface area contributed by atoms with Gasteiger partial charge in [0.25, 0.3) is 5.91 Å². The van der Waals surface area contributed by atoms with Crippen molar-refractivity contribution in [2.75, 3.05) is 5.32 Å². The van der Waals surface area contributed by atoms with Crippen molar-refractivity contribution in [3.05, 3.63) is 57.9 Å². The monoisotopic (exact) mass is 308 g/mol. The number of benzene rings is 1. The summed E-state index contributed by atoms with van der Waals surface area (Å²) < 4.78 is 13.7. The maximum atomic E-state index is 12.9. The van der Waals surface area contributed by atoms with Gasteiger partial charge in [-0.2, -0.15) is 4.39 Å². The molecule has 92 valence electrons. The molecule has 0 unspecified atom stereocenters. The first-order valence-corrected chi connectivity index (χ1v) is 6.05. The summed E-state index contributed by atoms with van der Waals surface area (Å²) in [6.07, 6.45) is 0. The quantitative estimate of drug-likeness (QED) is 0.862. The highest BCUT2D eigenvalue weighted by molar-refractivity contribution is 9.10. The third kappa shape index (κ3) is 2.92. The van der Waals surface area contributed by atoms with E-state index in [1.54, 1.807) is 12.1 Å². The second-order valence-corrected chi connectivity index (χ2v) is 4.62. The Balaban J connectivity index is 2.19. The van der Waals surface area contributed by atoms with Crippen LogP contribution in [0.1, 0.15) is 15.9 Å². The van der Waals surface area contributed by atoms with Crippen LogP contribution in [0.5, 0.6) is 0 Å². The molecule has 5 heteroatoms. The van der Waals surface area contributed by atoms with Crippen molar-refractivity contribution in [2.24, 2.45) is 0 Å². The van der Waals surface area contributed by atoms with Crippen molar-refractivity contribution in [1.82, 2.24) is 4.98 Å². The maximum absolute atomic E-state index is 12.9. The van der Waals surface area contributed by atoms with Gasteiger partial charge in [0.05, 0.1) is 0 Å². The Bertz CT molecular complexity index is 601. The molecule has 3 nitrogen and oxygen atoms in total.